The molecule has 1 amide bonds. The molecule has 0 saturated carbocycles. The van der Waals surface area contributed by atoms with Gasteiger partial charge >= 0.3 is 5.97 Å². The monoisotopic (exact) mass is 353 g/mol. The number of carbonyl (C=O) groups excluding carboxylic acids is 2. The Labute approximate surface area is 143 Å². The summed E-state index contributed by atoms with van der Waals surface area (Å²) in [6.45, 7) is 0. The number of hydrogen-bond acceptors (Lipinski definition) is 4. The Morgan fingerprint density at radius 1 is 1.00 bits per heavy atom. The lowest BCUT2D eigenvalue weighted by Crippen LogP contribution is -2.14. The Morgan fingerprint density at radius 2 is 1.74 bits per heavy atom. The first-order chi connectivity index (χ1) is 11.0. The molecule has 0 aliphatic heterocycles. The van der Waals surface area contributed by atoms with E-state index in [1.165, 1.54) is 32.4 Å². The first kappa shape index (κ1) is 17.1. The van der Waals surface area contributed by atoms with Crippen molar-refractivity contribution in [1.29, 1.82) is 0 Å². The Hall–Kier alpha value is -2.24. The third-order valence-corrected chi connectivity index (χ3v) is 3.60. The van der Waals surface area contributed by atoms with Gasteiger partial charge in [0.05, 0.1) is 30.4 Å². The second-order valence-electron chi connectivity index (χ2n) is 4.48. The number of methoxy groups -OCH3 is 2. The van der Waals surface area contributed by atoms with Crippen LogP contribution in [0, 0.1) is 0 Å². The van der Waals surface area contributed by atoms with E-state index in [2.05, 4.69) is 10.1 Å². The summed E-state index contributed by atoms with van der Waals surface area (Å²) in [5.74, 6) is -0.636. The first-order valence-electron chi connectivity index (χ1n) is 6.49. The van der Waals surface area contributed by atoms with Crippen LogP contribution in [0.3, 0.4) is 0 Å². The van der Waals surface area contributed by atoms with Crippen molar-refractivity contribution in [3.05, 3.63) is 57.6 Å². The van der Waals surface area contributed by atoms with Gasteiger partial charge in [-0.15, -0.1) is 0 Å². The van der Waals surface area contributed by atoms with E-state index in [-0.39, 0.29) is 16.1 Å². The highest BCUT2D eigenvalue weighted by Crippen LogP contribution is 2.25. The number of amides is 1. The van der Waals surface area contributed by atoms with Crippen LogP contribution in [0.1, 0.15) is 20.7 Å². The predicted octanol–water partition coefficient (Wildman–Crippen LogP) is 4.04. The Kier molecular flexibility index (Phi) is 5.47. The molecule has 0 spiro atoms. The summed E-state index contributed by atoms with van der Waals surface area (Å²) in [4.78, 5) is 24.0. The normalized spacial score (nSPS) is 10.1. The van der Waals surface area contributed by atoms with Crippen LogP contribution in [-0.4, -0.2) is 26.1 Å². The number of halogens is 2. The van der Waals surface area contributed by atoms with Crippen LogP contribution in [0.4, 0.5) is 5.69 Å². The van der Waals surface area contributed by atoms with E-state index in [1.807, 2.05) is 0 Å². The summed E-state index contributed by atoms with van der Waals surface area (Å²) in [5, 5.41) is 3.30. The van der Waals surface area contributed by atoms with E-state index >= 15 is 0 Å². The Balaban J connectivity index is 2.31. The molecular weight excluding hydrogens is 341 g/mol. The molecule has 0 unspecified atom stereocenters. The highest BCUT2D eigenvalue weighted by Gasteiger charge is 2.16. The van der Waals surface area contributed by atoms with Crippen molar-refractivity contribution in [3.63, 3.8) is 0 Å². The smallest absolute Gasteiger partial charge is 0.339 e. The summed E-state index contributed by atoms with van der Waals surface area (Å²) in [7, 11) is 2.71. The van der Waals surface area contributed by atoms with Crippen molar-refractivity contribution in [2.75, 3.05) is 19.5 Å². The van der Waals surface area contributed by atoms with Gasteiger partial charge in [0.1, 0.15) is 5.75 Å². The van der Waals surface area contributed by atoms with Gasteiger partial charge in [0.2, 0.25) is 0 Å². The molecule has 0 aromatic heterocycles. The molecule has 0 bridgehead atoms. The van der Waals surface area contributed by atoms with Gasteiger partial charge < -0.3 is 14.8 Å². The quantitative estimate of drug-likeness (QED) is 0.842. The van der Waals surface area contributed by atoms with Crippen molar-refractivity contribution >= 4 is 40.8 Å². The van der Waals surface area contributed by atoms with Crippen molar-refractivity contribution in [1.82, 2.24) is 0 Å². The third kappa shape index (κ3) is 3.94. The van der Waals surface area contributed by atoms with Crippen LogP contribution >= 0.6 is 23.2 Å². The molecule has 2 aromatic rings. The second kappa shape index (κ2) is 7.35. The van der Waals surface area contributed by atoms with E-state index in [0.29, 0.717) is 16.5 Å². The van der Waals surface area contributed by atoms with Gasteiger partial charge in [0.15, 0.2) is 0 Å². The van der Waals surface area contributed by atoms with E-state index in [9.17, 15) is 9.59 Å². The lowest BCUT2D eigenvalue weighted by molar-refractivity contribution is 0.0600. The van der Waals surface area contributed by atoms with Gasteiger partial charge in [-0.1, -0.05) is 23.2 Å². The number of benzene rings is 2. The molecular formula is C16H13Cl2NO4. The Morgan fingerprint density at radius 3 is 2.39 bits per heavy atom. The maximum Gasteiger partial charge on any atom is 0.339 e. The SMILES string of the molecule is COC(=O)c1cc(NC(=O)c2cc(Cl)ccc2OC)ccc1Cl. The summed E-state index contributed by atoms with van der Waals surface area (Å²) in [6.07, 6.45) is 0. The number of rotatable bonds is 4. The lowest BCUT2D eigenvalue weighted by atomic mass is 10.1. The molecule has 120 valence electrons. The maximum absolute atomic E-state index is 12.4. The molecule has 0 heterocycles. The molecule has 0 radical (unpaired) electrons. The Bertz CT molecular complexity index is 762. The average Bonchev–Trinajstić information content (AvgIpc) is 2.55. The van der Waals surface area contributed by atoms with Gasteiger partial charge in [-0.25, -0.2) is 4.79 Å². The standard InChI is InChI=1S/C16H13Cl2NO4/c1-22-14-6-3-9(17)7-12(14)15(20)19-10-4-5-13(18)11(8-10)16(21)23-2/h3-8H,1-2H3,(H,19,20). The maximum atomic E-state index is 12.4. The van der Waals surface area contributed by atoms with Crippen molar-refractivity contribution in [3.8, 4) is 5.75 Å². The summed E-state index contributed by atoms with van der Waals surface area (Å²) in [6, 6.07) is 9.21. The lowest BCUT2D eigenvalue weighted by Gasteiger charge is -2.11. The average molecular weight is 354 g/mol. The molecule has 5 nitrogen and oxygen atoms in total. The van der Waals surface area contributed by atoms with Crippen LogP contribution in [0.5, 0.6) is 5.75 Å². The first-order valence-corrected chi connectivity index (χ1v) is 7.24. The molecule has 2 rings (SSSR count). The largest absolute Gasteiger partial charge is 0.496 e. The molecule has 0 aliphatic rings. The molecule has 0 aliphatic carbocycles. The van der Waals surface area contributed by atoms with Gasteiger partial charge in [-0.2, -0.15) is 0 Å². The number of nitrogens with one attached hydrogen (secondary N) is 1. The number of esters is 1. The summed E-state index contributed by atoms with van der Waals surface area (Å²) >= 11 is 11.9. The fourth-order valence-electron chi connectivity index (χ4n) is 1.93. The molecule has 2 aromatic carbocycles. The number of ether oxygens (including phenoxy) is 2. The van der Waals surface area contributed by atoms with E-state index < -0.39 is 11.9 Å². The zero-order valence-corrected chi connectivity index (χ0v) is 13.9. The van der Waals surface area contributed by atoms with Crippen molar-refractivity contribution < 1.29 is 19.1 Å². The number of carbonyl (C=O) groups is 2. The van der Waals surface area contributed by atoms with Crippen LogP contribution in [0.25, 0.3) is 0 Å². The van der Waals surface area contributed by atoms with Gasteiger partial charge in [0, 0.05) is 10.7 Å². The zero-order valence-electron chi connectivity index (χ0n) is 12.4. The highest BCUT2D eigenvalue weighted by atomic mass is 35.5. The highest BCUT2D eigenvalue weighted by molar-refractivity contribution is 6.33. The summed E-state index contributed by atoms with van der Waals surface area (Å²) < 4.78 is 9.78. The van der Waals surface area contributed by atoms with Gasteiger partial charge in [0.25, 0.3) is 5.91 Å². The topological polar surface area (TPSA) is 64.6 Å². The van der Waals surface area contributed by atoms with Crippen molar-refractivity contribution in [2.24, 2.45) is 0 Å². The number of hydrogen-bond donors (Lipinski definition) is 1. The minimum atomic E-state index is -0.591. The zero-order chi connectivity index (χ0) is 17.0. The van der Waals surface area contributed by atoms with E-state index in [0.717, 1.165) is 0 Å². The predicted molar refractivity (Wildman–Crippen MR) is 88.7 cm³/mol. The fraction of sp³-hybridized carbons (Fsp3) is 0.125. The summed E-state index contributed by atoms with van der Waals surface area (Å²) in [5.41, 5.74) is 0.821. The fourth-order valence-corrected chi connectivity index (χ4v) is 2.29. The van der Waals surface area contributed by atoms with Gasteiger partial charge in [-0.05, 0) is 36.4 Å². The molecule has 0 atom stereocenters. The van der Waals surface area contributed by atoms with E-state index in [1.54, 1.807) is 18.2 Å². The molecule has 23 heavy (non-hydrogen) atoms. The van der Waals surface area contributed by atoms with Crippen LogP contribution in [0.15, 0.2) is 36.4 Å². The molecule has 0 fully saturated rings. The van der Waals surface area contributed by atoms with Crippen LogP contribution in [-0.2, 0) is 4.74 Å². The van der Waals surface area contributed by atoms with Crippen LogP contribution in [0.2, 0.25) is 10.0 Å². The van der Waals surface area contributed by atoms with Gasteiger partial charge in [-0.3, -0.25) is 4.79 Å². The van der Waals surface area contributed by atoms with Crippen LogP contribution < -0.4 is 10.1 Å². The van der Waals surface area contributed by atoms with E-state index in [4.69, 9.17) is 27.9 Å². The number of anilines is 1. The molecule has 0 saturated heterocycles. The minimum absolute atomic E-state index is 0.157. The molecule has 7 heteroatoms. The third-order valence-electron chi connectivity index (χ3n) is 3.04. The van der Waals surface area contributed by atoms with Crippen molar-refractivity contribution in [2.45, 2.75) is 0 Å². The molecule has 1 N–H and O–H groups in total. The minimum Gasteiger partial charge on any atom is -0.496 e. The second-order valence-corrected chi connectivity index (χ2v) is 5.33.